The second kappa shape index (κ2) is 7.36. The highest BCUT2D eigenvalue weighted by Crippen LogP contribution is 2.11. The number of aliphatic imine (C=N–C) groups is 1. The Labute approximate surface area is 138 Å². The van der Waals surface area contributed by atoms with Crippen molar-refractivity contribution in [3.63, 3.8) is 0 Å². The van der Waals surface area contributed by atoms with E-state index in [0.29, 0.717) is 5.69 Å². The average molecular weight is 338 g/mol. The minimum atomic E-state index is -0.826. The summed E-state index contributed by atoms with van der Waals surface area (Å²) in [5.74, 6) is -1.72. The minimum Gasteiger partial charge on any atom is -0.370 e. The molecule has 23 heavy (non-hydrogen) atoms. The summed E-state index contributed by atoms with van der Waals surface area (Å²) in [6.07, 6.45) is 0. The summed E-state index contributed by atoms with van der Waals surface area (Å²) in [7, 11) is 3.08. The van der Waals surface area contributed by atoms with Gasteiger partial charge in [-0.05, 0) is 12.1 Å². The molecule has 0 unspecified atom stereocenters. The van der Waals surface area contributed by atoms with E-state index in [1.54, 1.807) is 38.4 Å². The highest BCUT2D eigenvalue weighted by Gasteiger charge is 2.25. The first-order valence-corrected chi connectivity index (χ1v) is 6.28. The number of carbonyl (C=O) groups excluding carboxylic acids is 2. The molecule has 1 aromatic heterocycles. The molecular weight excluding hydrogens is 322 g/mol. The Kier molecular flexibility index (Phi) is 5.80. The highest BCUT2D eigenvalue weighted by molar-refractivity contribution is 6.07. The van der Waals surface area contributed by atoms with Gasteiger partial charge in [-0.1, -0.05) is 18.2 Å². The number of hydrogen-bond donors (Lipinski definition) is 2. The van der Waals surface area contributed by atoms with Crippen LogP contribution >= 0.6 is 12.4 Å². The molecule has 0 saturated heterocycles. The van der Waals surface area contributed by atoms with Gasteiger partial charge in [0.2, 0.25) is 0 Å². The van der Waals surface area contributed by atoms with E-state index in [0.717, 1.165) is 0 Å². The second-order valence-corrected chi connectivity index (χ2v) is 4.56. The largest absolute Gasteiger partial charge is 0.370 e. The van der Waals surface area contributed by atoms with Crippen molar-refractivity contribution in [3.8, 4) is 5.69 Å². The predicted molar refractivity (Wildman–Crippen MR) is 86.8 cm³/mol. The van der Waals surface area contributed by atoms with Crippen molar-refractivity contribution in [2.75, 3.05) is 14.1 Å². The van der Waals surface area contributed by atoms with Crippen LogP contribution in [-0.4, -0.2) is 51.8 Å². The summed E-state index contributed by atoms with van der Waals surface area (Å²) >= 11 is 0. The van der Waals surface area contributed by atoms with Crippen LogP contribution in [0.15, 0.2) is 35.3 Å². The molecule has 0 atom stereocenters. The maximum Gasteiger partial charge on any atom is 0.303 e. The van der Waals surface area contributed by atoms with Crippen LogP contribution in [0, 0.1) is 0 Å². The quantitative estimate of drug-likeness (QED) is 0.589. The molecule has 0 fully saturated rings. The average Bonchev–Trinajstić information content (AvgIpc) is 2.91. The molecule has 9 nitrogen and oxygen atoms in total. The van der Waals surface area contributed by atoms with E-state index in [2.05, 4.69) is 15.2 Å². The number of guanidine groups is 1. The molecule has 10 heteroatoms. The van der Waals surface area contributed by atoms with E-state index in [1.807, 2.05) is 6.07 Å². The van der Waals surface area contributed by atoms with E-state index in [1.165, 1.54) is 9.70 Å². The van der Waals surface area contributed by atoms with Crippen molar-refractivity contribution < 1.29 is 9.59 Å². The molecule has 0 aliphatic carbocycles. The molecular formula is C13H16ClN7O2. The lowest BCUT2D eigenvalue weighted by Gasteiger charge is -2.07. The minimum absolute atomic E-state index is 0. The van der Waals surface area contributed by atoms with E-state index >= 15 is 0 Å². The number of benzene rings is 1. The molecule has 2 aromatic rings. The van der Waals surface area contributed by atoms with Crippen LogP contribution in [0.25, 0.3) is 5.69 Å². The van der Waals surface area contributed by atoms with Crippen molar-refractivity contribution in [2.24, 2.45) is 16.5 Å². The molecule has 2 rings (SSSR count). The van der Waals surface area contributed by atoms with Crippen LogP contribution in [0.3, 0.4) is 0 Å². The lowest BCUT2D eigenvalue weighted by atomic mass is 10.3. The fourth-order valence-electron chi connectivity index (χ4n) is 1.65. The normalized spacial score (nSPS) is 9.65. The van der Waals surface area contributed by atoms with Crippen molar-refractivity contribution in [1.29, 1.82) is 0 Å². The first-order valence-electron chi connectivity index (χ1n) is 6.28. The number of carbonyl (C=O) groups is 2. The maximum atomic E-state index is 12.1. The van der Waals surface area contributed by atoms with Gasteiger partial charge in [0.25, 0.3) is 5.91 Å². The van der Waals surface area contributed by atoms with E-state index < -0.39 is 17.8 Å². The van der Waals surface area contributed by atoms with Gasteiger partial charge >= 0.3 is 5.91 Å². The van der Waals surface area contributed by atoms with Gasteiger partial charge in [-0.15, -0.1) is 22.6 Å². The smallest absolute Gasteiger partial charge is 0.303 e. The van der Waals surface area contributed by atoms with E-state index in [4.69, 9.17) is 11.5 Å². The van der Waals surface area contributed by atoms with Gasteiger partial charge in [0.15, 0.2) is 17.3 Å². The van der Waals surface area contributed by atoms with Gasteiger partial charge in [-0.25, -0.2) is 0 Å². The molecule has 1 heterocycles. The van der Waals surface area contributed by atoms with Gasteiger partial charge in [-0.2, -0.15) is 9.79 Å². The number of hydrogen-bond acceptors (Lipinski definition) is 4. The molecule has 0 aliphatic heterocycles. The Morgan fingerprint density at radius 1 is 1.09 bits per heavy atom. The number of nitrogens with zero attached hydrogens (tertiary/aromatic N) is 5. The molecule has 1 aromatic carbocycles. The third-order valence-corrected chi connectivity index (χ3v) is 2.64. The van der Waals surface area contributed by atoms with Crippen LogP contribution in [0.4, 0.5) is 0 Å². The Bertz CT molecular complexity index is 736. The van der Waals surface area contributed by atoms with Crippen LogP contribution in [-0.2, 0) is 0 Å². The molecule has 0 spiro atoms. The number of para-hydroxylation sites is 1. The molecule has 2 amide bonds. The van der Waals surface area contributed by atoms with Crippen molar-refractivity contribution in [2.45, 2.75) is 0 Å². The number of halogens is 1. The highest BCUT2D eigenvalue weighted by atomic mass is 35.5. The molecule has 0 bridgehead atoms. The van der Waals surface area contributed by atoms with Gasteiger partial charge in [-0.3, -0.25) is 9.59 Å². The number of aromatic nitrogens is 3. The first-order chi connectivity index (χ1) is 10.4. The second-order valence-electron chi connectivity index (χ2n) is 4.56. The summed E-state index contributed by atoms with van der Waals surface area (Å²) in [4.78, 5) is 30.0. The van der Waals surface area contributed by atoms with E-state index in [-0.39, 0.29) is 23.8 Å². The molecule has 0 radical (unpaired) electrons. The Morgan fingerprint density at radius 2 is 1.65 bits per heavy atom. The molecule has 0 saturated carbocycles. The van der Waals surface area contributed by atoms with Gasteiger partial charge < -0.3 is 16.4 Å². The topological polar surface area (TPSA) is 132 Å². The monoisotopic (exact) mass is 337 g/mol. The molecule has 122 valence electrons. The summed E-state index contributed by atoms with van der Waals surface area (Å²) in [5.41, 5.74) is 10.6. The Hall–Kier alpha value is -2.94. The summed E-state index contributed by atoms with van der Waals surface area (Å²) in [6, 6.07) is 8.86. The van der Waals surface area contributed by atoms with Crippen molar-refractivity contribution >= 4 is 30.2 Å². The van der Waals surface area contributed by atoms with Crippen molar-refractivity contribution in [3.05, 3.63) is 41.7 Å². The summed E-state index contributed by atoms with van der Waals surface area (Å²) in [5, 5.41) is 8.10. The Morgan fingerprint density at radius 3 is 2.17 bits per heavy atom. The standard InChI is InChI=1S/C13H15N7O2.ClH/c1-19(2)12(22)10-9(11(21)16-13(14)15)17-20(18-10)8-6-4-3-5-7-8;/h3-7H,1-2H3,(H4,14,15,16,21);1H. The van der Waals surface area contributed by atoms with Gasteiger partial charge in [0.1, 0.15) is 0 Å². The van der Waals surface area contributed by atoms with E-state index in [9.17, 15) is 9.59 Å². The van der Waals surface area contributed by atoms with Gasteiger partial charge in [0, 0.05) is 14.1 Å². The van der Waals surface area contributed by atoms with Crippen LogP contribution in [0.5, 0.6) is 0 Å². The molecule has 4 N–H and O–H groups in total. The zero-order valence-electron chi connectivity index (χ0n) is 12.5. The van der Waals surface area contributed by atoms with Crippen LogP contribution < -0.4 is 11.5 Å². The lowest BCUT2D eigenvalue weighted by molar-refractivity contribution is 0.0815. The third-order valence-electron chi connectivity index (χ3n) is 2.64. The summed E-state index contributed by atoms with van der Waals surface area (Å²) in [6.45, 7) is 0. The number of rotatable bonds is 3. The first kappa shape index (κ1) is 18.1. The van der Waals surface area contributed by atoms with Crippen LogP contribution in [0.2, 0.25) is 0 Å². The van der Waals surface area contributed by atoms with Gasteiger partial charge in [0.05, 0.1) is 5.69 Å². The third kappa shape index (κ3) is 4.04. The zero-order chi connectivity index (χ0) is 16.3. The Balaban J connectivity index is 0.00000264. The van der Waals surface area contributed by atoms with Crippen molar-refractivity contribution in [1.82, 2.24) is 19.9 Å². The molecule has 0 aliphatic rings. The number of amides is 2. The number of nitrogens with two attached hydrogens (primary N) is 2. The fraction of sp³-hybridized carbons (Fsp3) is 0.154. The maximum absolute atomic E-state index is 12.1. The zero-order valence-corrected chi connectivity index (χ0v) is 13.3. The SMILES string of the molecule is CN(C)C(=O)c1nn(-c2ccccc2)nc1C(=O)N=C(N)N.Cl. The lowest BCUT2D eigenvalue weighted by Crippen LogP contribution is -2.26. The predicted octanol–water partition coefficient (Wildman–Crippen LogP) is -0.195. The fourth-order valence-corrected chi connectivity index (χ4v) is 1.65. The van der Waals surface area contributed by atoms with Crippen LogP contribution in [0.1, 0.15) is 21.0 Å². The summed E-state index contributed by atoms with van der Waals surface area (Å²) < 4.78 is 0.